The van der Waals surface area contributed by atoms with Crippen molar-refractivity contribution in [2.24, 2.45) is 5.92 Å². The van der Waals surface area contributed by atoms with Crippen LogP contribution in [0.1, 0.15) is 20.3 Å². The van der Waals surface area contributed by atoms with E-state index in [2.05, 4.69) is 0 Å². The second kappa shape index (κ2) is 2.97. The molecule has 1 N–H and O–H groups in total. The lowest BCUT2D eigenvalue weighted by molar-refractivity contribution is -0.0550. The Kier molecular flexibility index (Phi) is 2.17. The summed E-state index contributed by atoms with van der Waals surface area (Å²) in [6.45, 7) is 4.13. The molecule has 0 aliphatic carbocycles. The summed E-state index contributed by atoms with van der Waals surface area (Å²) in [5.41, 5.74) is -0.121. The summed E-state index contributed by atoms with van der Waals surface area (Å²) in [6, 6.07) is -0.371. The van der Waals surface area contributed by atoms with Gasteiger partial charge in [-0.25, -0.2) is 0 Å². The van der Waals surface area contributed by atoms with Crippen LogP contribution in [-0.4, -0.2) is 43.4 Å². The molecule has 0 bridgehead atoms. The van der Waals surface area contributed by atoms with Crippen LogP contribution < -0.4 is 0 Å². The van der Waals surface area contributed by atoms with Crippen LogP contribution in [0.2, 0.25) is 0 Å². The second-order valence-electron chi connectivity index (χ2n) is 4.53. The molecule has 0 spiro atoms. The molecule has 4 atom stereocenters. The first-order valence-electron chi connectivity index (χ1n) is 4.73. The Morgan fingerprint density at radius 2 is 2.23 bits per heavy atom. The van der Waals surface area contributed by atoms with Crippen LogP contribution in [0.3, 0.4) is 0 Å². The highest BCUT2D eigenvalue weighted by molar-refractivity contribution is 6.11. The number of rotatable bonds is 1. The zero-order valence-corrected chi connectivity index (χ0v) is 8.06. The molecule has 2 aliphatic rings. The first kappa shape index (κ1) is 9.50. The predicted octanol–water partition coefficient (Wildman–Crippen LogP) is 0.0558. The fraction of sp³-hybridized carbons (Fsp3) is 1.00. The fourth-order valence-electron chi connectivity index (χ4n) is 2.40. The highest BCUT2D eigenvalue weighted by Gasteiger charge is 2.51. The first-order chi connectivity index (χ1) is 6.03. The first-order valence-corrected chi connectivity index (χ1v) is 4.73. The van der Waals surface area contributed by atoms with Crippen LogP contribution in [0.25, 0.3) is 0 Å². The predicted molar refractivity (Wildman–Crippen MR) is 48.6 cm³/mol. The van der Waals surface area contributed by atoms with E-state index in [1.54, 1.807) is 0 Å². The van der Waals surface area contributed by atoms with Crippen LogP contribution in [0.15, 0.2) is 0 Å². The molecule has 3 nitrogen and oxygen atoms in total. The van der Waals surface area contributed by atoms with Crippen LogP contribution in [0.5, 0.6) is 0 Å². The van der Waals surface area contributed by atoms with Crippen molar-refractivity contribution in [3.8, 4) is 0 Å². The van der Waals surface area contributed by atoms with Gasteiger partial charge in [0.25, 0.3) is 0 Å². The molecule has 2 heterocycles. The maximum Gasteiger partial charge on any atom is 0.112 e. The van der Waals surface area contributed by atoms with Gasteiger partial charge in [-0.1, -0.05) is 0 Å². The molecule has 0 aromatic carbocycles. The summed E-state index contributed by atoms with van der Waals surface area (Å²) >= 11 is 0. The van der Waals surface area contributed by atoms with E-state index in [0.29, 0.717) is 0 Å². The molecule has 0 aromatic heterocycles. The summed E-state index contributed by atoms with van der Waals surface area (Å²) in [5, 5.41) is 9.06. The van der Waals surface area contributed by atoms with E-state index in [9.17, 15) is 0 Å². The molecule has 0 saturated carbocycles. The summed E-state index contributed by atoms with van der Waals surface area (Å²) in [5.74, 6) is 0.259. The van der Waals surface area contributed by atoms with Gasteiger partial charge in [-0.2, -0.15) is 0 Å². The molecule has 2 aliphatic heterocycles. The molecule has 4 heteroatoms. The fourth-order valence-corrected chi connectivity index (χ4v) is 2.40. The highest BCUT2D eigenvalue weighted by atomic mass is 16.6. The minimum Gasteiger partial charge on any atom is -0.394 e. The van der Waals surface area contributed by atoms with Crippen molar-refractivity contribution in [3.05, 3.63) is 0 Å². The summed E-state index contributed by atoms with van der Waals surface area (Å²) in [4.78, 5) is 0. The Balaban J connectivity index is 2.12. The second-order valence-corrected chi connectivity index (χ2v) is 4.53. The van der Waals surface area contributed by atoms with Crippen molar-refractivity contribution >= 4 is 7.85 Å². The lowest BCUT2D eigenvalue weighted by Gasteiger charge is -2.22. The van der Waals surface area contributed by atoms with Crippen LogP contribution in [0.4, 0.5) is 0 Å². The van der Waals surface area contributed by atoms with Crippen LogP contribution >= 0.6 is 0 Å². The minimum absolute atomic E-state index is 0.0350. The van der Waals surface area contributed by atoms with Gasteiger partial charge in [0.05, 0.1) is 24.4 Å². The molecule has 2 rings (SSSR count). The largest absolute Gasteiger partial charge is 0.394 e. The zero-order chi connectivity index (χ0) is 9.64. The van der Waals surface area contributed by atoms with E-state index >= 15 is 0 Å². The average molecular weight is 182 g/mol. The van der Waals surface area contributed by atoms with Crippen molar-refractivity contribution in [2.75, 3.05) is 6.61 Å². The van der Waals surface area contributed by atoms with Gasteiger partial charge in [0, 0.05) is 11.9 Å². The number of aliphatic hydroxyl groups excluding tert-OH is 1. The Hall–Kier alpha value is -0.0551. The lowest BCUT2D eigenvalue weighted by Crippen LogP contribution is -2.28. The lowest BCUT2D eigenvalue weighted by atomic mass is 9.86. The number of fused-ring (bicyclic) bond motifs is 1. The SMILES string of the molecule is [B]C1OC(CO)C2CC(C)(C)OC12. The molecule has 2 fully saturated rings. The average Bonchev–Trinajstić information content (AvgIpc) is 2.47. The van der Waals surface area contributed by atoms with E-state index in [4.69, 9.17) is 22.4 Å². The molecule has 2 saturated heterocycles. The molecule has 72 valence electrons. The van der Waals surface area contributed by atoms with Gasteiger partial charge in [0.15, 0.2) is 0 Å². The number of hydrogen-bond donors (Lipinski definition) is 1. The third kappa shape index (κ3) is 1.51. The van der Waals surface area contributed by atoms with Crippen LogP contribution in [0, 0.1) is 5.92 Å². The zero-order valence-electron chi connectivity index (χ0n) is 8.06. The Labute approximate surface area is 79.8 Å². The van der Waals surface area contributed by atoms with E-state index < -0.39 is 0 Å². The van der Waals surface area contributed by atoms with Gasteiger partial charge >= 0.3 is 0 Å². The monoisotopic (exact) mass is 182 g/mol. The van der Waals surface area contributed by atoms with Gasteiger partial charge < -0.3 is 14.6 Å². The Bertz CT molecular complexity index is 207. The maximum absolute atomic E-state index is 9.06. The Morgan fingerprint density at radius 3 is 2.85 bits per heavy atom. The molecule has 2 radical (unpaired) electrons. The molecule has 13 heavy (non-hydrogen) atoms. The van der Waals surface area contributed by atoms with E-state index in [0.717, 1.165) is 6.42 Å². The number of hydrogen-bond acceptors (Lipinski definition) is 3. The molecular formula is C9H15BO3. The standard InChI is InChI=1S/C9H15BO3/c1-9(2)3-5-6(4-11)12-8(10)7(5)13-9/h5-8,11H,3-4H2,1-2H3. The topological polar surface area (TPSA) is 38.7 Å². The third-order valence-corrected chi connectivity index (χ3v) is 2.92. The summed E-state index contributed by atoms with van der Waals surface area (Å²) in [6.07, 6.45) is 0.741. The molecule has 4 unspecified atom stereocenters. The number of ether oxygens (including phenoxy) is 2. The van der Waals surface area contributed by atoms with Gasteiger partial charge in [-0.05, 0) is 20.3 Å². The summed E-state index contributed by atoms with van der Waals surface area (Å²) < 4.78 is 11.1. The normalized spacial score (nSPS) is 47.9. The van der Waals surface area contributed by atoms with Crippen molar-refractivity contribution in [1.82, 2.24) is 0 Å². The highest BCUT2D eigenvalue weighted by Crippen LogP contribution is 2.43. The quantitative estimate of drug-likeness (QED) is 0.582. The molecular weight excluding hydrogens is 167 g/mol. The van der Waals surface area contributed by atoms with Crippen molar-refractivity contribution in [3.63, 3.8) is 0 Å². The summed E-state index contributed by atoms with van der Waals surface area (Å²) in [7, 11) is 5.75. The molecule has 0 aromatic rings. The van der Waals surface area contributed by atoms with Crippen molar-refractivity contribution in [1.29, 1.82) is 0 Å². The van der Waals surface area contributed by atoms with Crippen molar-refractivity contribution < 1.29 is 14.6 Å². The van der Waals surface area contributed by atoms with Gasteiger partial charge in [0.1, 0.15) is 7.85 Å². The maximum atomic E-state index is 9.06. The third-order valence-electron chi connectivity index (χ3n) is 2.92. The Morgan fingerprint density at radius 1 is 1.54 bits per heavy atom. The van der Waals surface area contributed by atoms with E-state index in [1.165, 1.54) is 0 Å². The molecule has 0 amide bonds. The minimum atomic E-state index is -0.371. The van der Waals surface area contributed by atoms with Gasteiger partial charge in [0.2, 0.25) is 0 Å². The van der Waals surface area contributed by atoms with Gasteiger partial charge in [-0.3, -0.25) is 0 Å². The van der Waals surface area contributed by atoms with Gasteiger partial charge in [-0.15, -0.1) is 0 Å². The van der Waals surface area contributed by atoms with E-state index in [1.807, 2.05) is 13.8 Å². The van der Waals surface area contributed by atoms with Crippen LogP contribution in [-0.2, 0) is 9.47 Å². The van der Waals surface area contributed by atoms with E-state index in [-0.39, 0.29) is 36.3 Å². The smallest absolute Gasteiger partial charge is 0.112 e. The van der Waals surface area contributed by atoms with Crippen molar-refractivity contribution in [2.45, 2.75) is 44.1 Å². The number of aliphatic hydroxyl groups is 1.